The third-order valence-corrected chi connectivity index (χ3v) is 0.645. The van der Waals surface area contributed by atoms with Crippen molar-refractivity contribution in [2.24, 2.45) is 0 Å². The Labute approximate surface area is 53.8 Å². The molecule has 0 aromatic heterocycles. The van der Waals surface area contributed by atoms with Crippen molar-refractivity contribution in [1.29, 1.82) is 0 Å². The van der Waals surface area contributed by atoms with Gasteiger partial charge in [0, 0.05) is 0 Å². The van der Waals surface area contributed by atoms with E-state index in [-0.39, 0.29) is 0 Å². The zero-order valence-electron chi connectivity index (χ0n) is 5.42. The first-order chi connectivity index (χ1) is 3.91. The summed E-state index contributed by atoms with van der Waals surface area (Å²) in [5.74, 6) is 0. The molecule has 0 saturated carbocycles. The first-order valence-corrected chi connectivity index (χ1v) is 2.81. The van der Waals surface area contributed by atoms with Gasteiger partial charge in [-0.15, -0.1) is 0 Å². The predicted molar refractivity (Wildman–Crippen MR) is 43.2 cm³/mol. The van der Waals surface area contributed by atoms with Gasteiger partial charge in [0.05, 0.1) is 0 Å². The summed E-state index contributed by atoms with van der Waals surface area (Å²) in [5.41, 5.74) is 0. The number of hydrogen-bond donors (Lipinski definition) is 0. The Bertz CT molecular complexity index is 88.4. The number of rotatable bonds is 3. The van der Waals surface area contributed by atoms with E-state index in [4.69, 9.17) is 4.65 Å². The molecule has 0 aromatic carbocycles. The average molecular weight is 101 g/mol. The second-order valence-corrected chi connectivity index (χ2v) is 1.31. The molecule has 36 valence electrons. The van der Waals surface area contributed by atoms with Gasteiger partial charge in [-0.1, -0.05) is 0 Å². The van der Waals surface area contributed by atoms with E-state index in [0.29, 0.717) is 0 Å². The maximum atomic E-state index is 4.90. The Morgan fingerprint density at radius 2 is 2.25 bits per heavy atom. The summed E-state index contributed by atoms with van der Waals surface area (Å²) < 4.78 is 4.90. The topological polar surface area (TPSA) is 9.23 Å². The Hall–Kier alpha value is 0.125. The Morgan fingerprint density at radius 1 is 1.50 bits per heavy atom. The van der Waals surface area contributed by atoms with Gasteiger partial charge in [0.2, 0.25) is 0 Å². The Morgan fingerprint density at radius 3 is 2.75 bits per heavy atom. The minimum absolute atomic E-state index is 0.744. The molecule has 0 saturated heterocycles. The summed E-state index contributed by atoms with van der Waals surface area (Å²) in [5, 5.41) is 0. The van der Waals surface area contributed by atoms with E-state index in [2.05, 4.69) is 0 Å². The molecular weight excluding hydrogens is 94.1 g/mol. The van der Waals surface area contributed by atoms with E-state index in [1.54, 1.807) is 7.00 Å². The van der Waals surface area contributed by atoms with Crippen LogP contribution in [0.4, 0.5) is 0 Å². The van der Waals surface area contributed by atoms with Crippen LogP contribution in [-0.4, -0.2) is 41.4 Å². The molecule has 0 radical (unpaired) electrons. The quantitative estimate of drug-likeness (QED) is 0.375. The van der Waals surface area contributed by atoms with Crippen LogP contribution < -0.4 is 0 Å². The third-order valence-electron chi connectivity index (χ3n) is 0.645. The van der Waals surface area contributed by atoms with Gasteiger partial charge in [-0.25, -0.2) is 0 Å². The zero-order chi connectivity index (χ0) is 6.24. The van der Waals surface area contributed by atoms with E-state index in [9.17, 15) is 0 Å². The summed E-state index contributed by atoms with van der Waals surface area (Å²) >= 11 is 0. The van der Waals surface area contributed by atoms with Crippen molar-refractivity contribution in [2.45, 2.75) is 6.92 Å². The SMILES string of the molecule is BB=BB=BOCC. The molecular formula is C2H7B5O. The van der Waals surface area contributed by atoms with Crippen molar-refractivity contribution in [3.63, 3.8) is 0 Å². The molecule has 0 fully saturated rings. The second kappa shape index (κ2) is 7.12. The summed E-state index contributed by atoms with van der Waals surface area (Å²) in [6, 6.07) is 0. The molecule has 0 rings (SSSR count). The van der Waals surface area contributed by atoms with Crippen molar-refractivity contribution >= 4 is 34.8 Å². The van der Waals surface area contributed by atoms with Crippen LogP contribution >= 0.6 is 0 Å². The maximum absolute atomic E-state index is 4.90. The molecule has 0 aliphatic carbocycles. The van der Waals surface area contributed by atoms with Crippen LogP contribution in [0.25, 0.3) is 0 Å². The van der Waals surface area contributed by atoms with Gasteiger partial charge in [0.25, 0.3) is 0 Å². The zero-order valence-corrected chi connectivity index (χ0v) is 5.42. The molecule has 0 bridgehead atoms. The molecule has 0 spiro atoms. The fourth-order valence-electron chi connectivity index (χ4n) is 0.308. The standard InChI is InChI=1S/C2H7B5O/c1-2-8-7-6-5-4-3/h2-3H2,1H3. The summed E-state index contributed by atoms with van der Waals surface area (Å²) in [4.78, 5) is 0. The summed E-state index contributed by atoms with van der Waals surface area (Å²) in [6.07, 6.45) is 0. The molecule has 0 aliphatic heterocycles. The monoisotopic (exact) mass is 102 g/mol. The first-order valence-electron chi connectivity index (χ1n) is 2.81. The molecule has 0 N–H and O–H groups in total. The molecule has 1 nitrogen and oxygen atoms in total. The second-order valence-electron chi connectivity index (χ2n) is 1.31. The Kier molecular flexibility index (Phi) is 7.24. The van der Waals surface area contributed by atoms with E-state index < -0.39 is 0 Å². The molecule has 0 aliphatic rings. The molecule has 0 amide bonds. The fourth-order valence-corrected chi connectivity index (χ4v) is 0.308. The van der Waals surface area contributed by atoms with Crippen molar-refractivity contribution in [2.75, 3.05) is 6.61 Å². The van der Waals surface area contributed by atoms with Gasteiger partial charge in [-0.3, -0.25) is 0 Å². The summed E-state index contributed by atoms with van der Waals surface area (Å²) in [7, 11) is 3.65. The Balaban J connectivity index is 3.07. The van der Waals surface area contributed by atoms with Crippen LogP contribution in [-0.2, 0) is 4.65 Å². The van der Waals surface area contributed by atoms with Crippen LogP contribution in [0, 0.1) is 0 Å². The van der Waals surface area contributed by atoms with Crippen LogP contribution in [0.15, 0.2) is 0 Å². The van der Waals surface area contributed by atoms with E-state index in [1.165, 1.54) is 0 Å². The summed E-state index contributed by atoms with van der Waals surface area (Å²) in [6.45, 7) is 8.45. The average Bonchev–Trinajstić information content (AvgIpc) is 1.81. The van der Waals surface area contributed by atoms with Gasteiger partial charge in [0.1, 0.15) is 0 Å². The van der Waals surface area contributed by atoms with Gasteiger partial charge >= 0.3 is 53.0 Å². The van der Waals surface area contributed by atoms with E-state index >= 15 is 0 Å². The van der Waals surface area contributed by atoms with Gasteiger partial charge < -0.3 is 0 Å². The van der Waals surface area contributed by atoms with Crippen molar-refractivity contribution < 1.29 is 4.65 Å². The molecule has 8 heavy (non-hydrogen) atoms. The molecule has 0 aromatic rings. The van der Waals surface area contributed by atoms with Gasteiger partial charge in [0.15, 0.2) is 0 Å². The van der Waals surface area contributed by atoms with Crippen LogP contribution in [0.5, 0.6) is 0 Å². The van der Waals surface area contributed by atoms with Crippen molar-refractivity contribution in [1.82, 2.24) is 0 Å². The van der Waals surface area contributed by atoms with Crippen LogP contribution in [0.1, 0.15) is 6.92 Å². The van der Waals surface area contributed by atoms with E-state index in [1.807, 2.05) is 34.7 Å². The molecule has 0 heterocycles. The van der Waals surface area contributed by atoms with Gasteiger partial charge in [-0.2, -0.15) is 0 Å². The fraction of sp³-hybridized carbons (Fsp3) is 1.00. The molecule has 6 heteroatoms. The first kappa shape index (κ1) is 8.12. The van der Waals surface area contributed by atoms with Gasteiger partial charge in [-0.05, 0) is 0 Å². The van der Waals surface area contributed by atoms with Crippen molar-refractivity contribution in [3.05, 3.63) is 0 Å². The van der Waals surface area contributed by atoms with Crippen molar-refractivity contribution in [3.8, 4) is 0 Å². The molecule has 0 atom stereocenters. The van der Waals surface area contributed by atoms with Crippen LogP contribution in [0.3, 0.4) is 0 Å². The van der Waals surface area contributed by atoms with Crippen LogP contribution in [0.2, 0.25) is 0 Å². The predicted octanol–water partition coefficient (Wildman–Crippen LogP) is -1.95. The molecule has 0 unspecified atom stereocenters. The number of hydrogen-bond acceptors (Lipinski definition) is 1. The minimum atomic E-state index is 0.744. The third kappa shape index (κ3) is 6.12. The normalized spacial score (nSPS) is 7.12. The van der Waals surface area contributed by atoms with E-state index in [0.717, 1.165) is 6.61 Å².